The maximum atomic E-state index is 12.8. The molecule has 0 radical (unpaired) electrons. The quantitative estimate of drug-likeness (QED) is 0.418. The van der Waals surface area contributed by atoms with Crippen LogP contribution in [0.4, 0.5) is 13.2 Å². The highest BCUT2D eigenvalue weighted by molar-refractivity contribution is 14.1. The van der Waals surface area contributed by atoms with E-state index in [1.54, 1.807) is 4.57 Å². The summed E-state index contributed by atoms with van der Waals surface area (Å²) in [7, 11) is 0. The number of H-pyrrole nitrogens is 1. The fraction of sp³-hybridized carbons (Fsp3) is 0.0714. The van der Waals surface area contributed by atoms with Gasteiger partial charge in [0.25, 0.3) is 0 Å². The number of aromatic amines is 1. The van der Waals surface area contributed by atoms with Gasteiger partial charge in [-0.3, -0.25) is 4.57 Å². The van der Waals surface area contributed by atoms with Gasteiger partial charge in [0, 0.05) is 9.26 Å². The molecule has 1 aromatic heterocycles. The summed E-state index contributed by atoms with van der Waals surface area (Å²) < 4.78 is 41.4. The molecule has 0 unspecified atom stereocenters. The molecule has 0 spiro atoms. The molecule has 0 saturated carbocycles. The number of benzene rings is 2. The van der Waals surface area contributed by atoms with E-state index in [0.717, 1.165) is 21.4 Å². The van der Waals surface area contributed by atoms with Gasteiger partial charge in [0.2, 0.25) is 0 Å². The molecule has 0 aliphatic heterocycles. The summed E-state index contributed by atoms with van der Waals surface area (Å²) in [5, 5.41) is 0. The van der Waals surface area contributed by atoms with Crippen molar-refractivity contribution in [2.75, 3.05) is 0 Å². The summed E-state index contributed by atoms with van der Waals surface area (Å²) in [4.78, 5) is 2.83. The lowest BCUT2D eigenvalue weighted by Crippen LogP contribution is -2.04. The molecule has 3 aromatic rings. The second-order valence-electron chi connectivity index (χ2n) is 4.48. The van der Waals surface area contributed by atoms with E-state index in [1.807, 2.05) is 24.3 Å². The Kier molecular flexibility index (Phi) is 3.56. The Hall–Kier alpha value is -1.35. The number of rotatable bonds is 1. The number of hydrogen-bond acceptors (Lipinski definition) is 1. The molecule has 3 rings (SSSR count). The fourth-order valence-corrected chi connectivity index (χ4v) is 3.00. The maximum Gasteiger partial charge on any atom is 0.416 e. The molecule has 2 aromatic carbocycles. The lowest BCUT2D eigenvalue weighted by atomic mass is 10.2. The monoisotopic (exact) mass is 420 g/mol. The van der Waals surface area contributed by atoms with Gasteiger partial charge in [0.15, 0.2) is 4.77 Å². The van der Waals surface area contributed by atoms with E-state index in [2.05, 4.69) is 27.6 Å². The number of nitrogens with zero attached hydrogens (tertiary/aromatic N) is 1. The molecule has 0 bridgehead atoms. The first-order valence-electron chi connectivity index (χ1n) is 5.94. The maximum absolute atomic E-state index is 12.8. The number of alkyl halides is 3. The minimum absolute atomic E-state index is 0.367. The summed E-state index contributed by atoms with van der Waals surface area (Å²) in [6.45, 7) is 0. The Morgan fingerprint density at radius 1 is 1.10 bits per heavy atom. The highest BCUT2D eigenvalue weighted by Crippen LogP contribution is 2.32. The molecule has 0 fully saturated rings. The molecular weight excluding hydrogens is 412 g/mol. The Bertz CT molecular complexity index is 880. The molecule has 108 valence electrons. The second kappa shape index (κ2) is 5.13. The van der Waals surface area contributed by atoms with Crippen molar-refractivity contribution in [3.05, 3.63) is 56.4 Å². The molecule has 7 heteroatoms. The van der Waals surface area contributed by atoms with Crippen LogP contribution in [0.15, 0.2) is 42.5 Å². The molecule has 1 heterocycles. The molecule has 0 aliphatic carbocycles. The number of imidazole rings is 1. The summed E-state index contributed by atoms with van der Waals surface area (Å²) in [6.07, 6.45) is -4.37. The van der Waals surface area contributed by atoms with Crippen molar-refractivity contribution in [2.45, 2.75) is 6.18 Å². The van der Waals surface area contributed by atoms with Crippen molar-refractivity contribution >= 4 is 45.8 Å². The number of halogens is 4. The molecule has 1 N–H and O–H groups in total. The van der Waals surface area contributed by atoms with E-state index in [9.17, 15) is 13.2 Å². The van der Waals surface area contributed by atoms with Crippen LogP contribution in [0.3, 0.4) is 0 Å². The lowest BCUT2D eigenvalue weighted by Gasteiger charge is -2.08. The van der Waals surface area contributed by atoms with Crippen LogP contribution in [0.25, 0.3) is 16.7 Å². The Morgan fingerprint density at radius 3 is 2.52 bits per heavy atom. The van der Waals surface area contributed by atoms with Crippen LogP contribution in [0.2, 0.25) is 0 Å². The molecule has 0 aliphatic rings. The molecular formula is C14H8F3IN2S. The van der Waals surface area contributed by atoms with Gasteiger partial charge >= 0.3 is 6.18 Å². The van der Waals surface area contributed by atoms with E-state index in [0.29, 0.717) is 15.8 Å². The van der Waals surface area contributed by atoms with Gasteiger partial charge in [-0.2, -0.15) is 13.2 Å². The van der Waals surface area contributed by atoms with Gasteiger partial charge in [0.1, 0.15) is 0 Å². The van der Waals surface area contributed by atoms with Crippen molar-refractivity contribution < 1.29 is 13.2 Å². The van der Waals surface area contributed by atoms with Crippen molar-refractivity contribution in [3.8, 4) is 5.69 Å². The topological polar surface area (TPSA) is 20.7 Å². The van der Waals surface area contributed by atoms with Crippen molar-refractivity contribution in [1.82, 2.24) is 9.55 Å². The summed E-state index contributed by atoms with van der Waals surface area (Å²) in [5.74, 6) is 0. The van der Waals surface area contributed by atoms with Crippen LogP contribution in [0, 0.1) is 8.34 Å². The van der Waals surface area contributed by atoms with E-state index >= 15 is 0 Å². The highest BCUT2D eigenvalue weighted by Gasteiger charge is 2.30. The standard InChI is InChI=1S/C14H8F3IN2S/c15-14(16,17)8-4-5-12-11(6-8)19-13(21)20(12)10-3-1-2-9(18)7-10/h1-7H,(H,19,21). The van der Waals surface area contributed by atoms with E-state index in [-0.39, 0.29) is 0 Å². The van der Waals surface area contributed by atoms with Gasteiger partial charge in [0.05, 0.1) is 16.6 Å². The number of nitrogens with one attached hydrogen (secondary N) is 1. The van der Waals surface area contributed by atoms with Gasteiger partial charge in [-0.15, -0.1) is 0 Å². The minimum atomic E-state index is -4.37. The van der Waals surface area contributed by atoms with E-state index in [4.69, 9.17) is 12.2 Å². The number of hydrogen-bond donors (Lipinski definition) is 1. The third-order valence-electron chi connectivity index (χ3n) is 3.08. The third kappa shape index (κ3) is 2.71. The van der Waals surface area contributed by atoms with Crippen LogP contribution in [0.1, 0.15) is 5.56 Å². The van der Waals surface area contributed by atoms with Gasteiger partial charge in [-0.1, -0.05) is 6.07 Å². The summed E-state index contributed by atoms with van der Waals surface area (Å²) >= 11 is 7.41. The molecule has 0 atom stereocenters. The van der Waals surface area contributed by atoms with E-state index < -0.39 is 11.7 Å². The first kappa shape index (κ1) is 14.6. The molecule has 0 saturated heterocycles. The smallest absolute Gasteiger partial charge is 0.330 e. The number of aromatic nitrogens is 2. The van der Waals surface area contributed by atoms with Gasteiger partial charge < -0.3 is 4.98 Å². The Balaban J connectivity index is 2.26. The summed E-state index contributed by atoms with van der Waals surface area (Å²) in [6, 6.07) is 11.2. The molecule has 0 amide bonds. The first-order chi connectivity index (χ1) is 9.86. The van der Waals surface area contributed by atoms with Gasteiger partial charge in [-0.05, 0) is 71.2 Å². The minimum Gasteiger partial charge on any atom is -0.330 e. The van der Waals surface area contributed by atoms with Crippen LogP contribution >= 0.6 is 34.8 Å². The zero-order chi connectivity index (χ0) is 15.2. The lowest BCUT2D eigenvalue weighted by molar-refractivity contribution is -0.137. The Labute approximate surface area is 136 Å². The van der Waals surface area contributed by atoms with Crippen molar-refractivity contribution in [2.24, 2.45) is 0 Å². The van der Waals surface area contributed by atoms with Crippen molar-refractivity contribution in [3.63, 3.8) is 0 Å². The van der Waals surface area contributed by atoms with E-state index in [1.165, 1.54) is 6.07 Å². The summed E-state index contributed by atoms with van der Waals surface area (Å²) in [5.41, 5.74) is 1.11. The largest absolute Gasteiger partial charge is 0.416 e. The van der Waals surface area contributed by atoms with Gasteiger partial charge in [-0.25, -0.2) is 0 Å². The highest BCUT2D eigenvalue weighted by atomic mass is 127. The fourth-order valence-electron chi connectivity index (χ4n) is 2.16. The molecule has 21 heavy (non-hydrogen) atoms. The number of fused-ring (bicyclic) bond motifs is 1. The van der Waals surface area contributed by atoms with Crippen LogP contribution < -0.4 is 0 Å². The Morgan fingerprint density at radius 2 is 1.86 bits per heavy atom. The SMILES string of the molecule is FC(F)(F)c1ccc2c(c1)[nH]c(=S)n2-c1cccc(I)c1. The van der Waals surface area contributed by atoms with Crippen LogP contribution in [0.5, 0.6) is 0 Å². The predicted molar refractivity (Wildman–Crippen MR) is 86.2 cm³/mol. The zero-order valence-electron chi connectivity index (χ0n) is 10.4. The normalized spacial score (nSPS) is 12.0. The average molecular weight is 420 g/mol. The van der Waals surface area contributed by atoms with Crippen molar-refractivity contribution in [1.29, 1.82) is 0 Å². The zero-order valence-corrected chi connectivity index (χ0v) is 13.4. The second-order valence-corrected chi connectivity index (χ2v) is 6.11. The molecule has 2 nitrogen and oxygen atoms in total. The average Bonchev–Trinajstić information content (AvgIpc) is 2.72. The van der Waals surface area contributed by atoms with Crippen LogP contribution in [-0.2, 0) is 6.18 Å². The third-order valence-corrected chi connectivity index (χ3v) is 4.03. The predicted octanol–water partition coefficient (Wildman–Crippen LogP) is 5.31. The van der Waals surface area contributed by atoms with Crippen LogP contribution in [-0.4, -0.2) is 9.55 Å². The first-order valence-corrected chi connectivity index (χ1v) is 7.43.